The maximum absolute atomic E-state index is 13.3. The molecular weight excluding hydrogens is 428 g/mol. The van der Waals surface area contributed by atoms with Crippen LogP contribution in [-0.4, -0.2) is 19.9 Å². The number of pyridine rings is 1. The number of nitrogens with zero attached hydrogens (tertiary/aromatic N) is 2. The van der Waals surface area contributed by atoms with Gasteiger partial charge in [0.05, 0.1) is 10.6 Å². The van der Waals surface area contributed by atoms with Gasteiger partial charge in [-0.05, 0) is 82.8 Å². The average molecular weight is 447 g/mol. The first-order valence-corrected chi connectivity index (χ1v) is 11.8. The fraction of sp³-hybridized carbons (Fsp3) is 0.0800. The standard InChI is InChI=1S/C25H19ClN2O2S/c26-23-6-1-18(2-7-23)19-3-8-24(9-4-19)31(29,30)28-16-13-22-17-21(5-10-25(22)28)20-11-14-27-15-12-20/h1-12,14-15,17H,13,16H2. The average Bonchev–Trinajstić information content (AvgIpc) is 3.24. The third-order valence-electron chi connectivity index (χ3n) is 5.57. The van der Waals surface area contributed by atoms with E-state index >= 15 is 0 Å². The van der Waals surface area contributed by atoms with Gasteiger partial charge in [0.25, 0.3) is 10.0 Å². The largest absolute Gasteiger partial charge is 0.266 e. The van der Waals surface area contributed by atoms with Crippen LogP contribution in [0.1, 0.15) is 5.56 Å². The fourth-order valence-corrected chi connectivity index (χ4v) is 5.56. The minimum Gasteiger partial charge on any atom is -0.266 e. The molecule has 0 radical (unpaired) electrons. The Morgan fingerprint density at radius 3 is 2.00 bits per heavy atom. The van der Waals surface area contributed by atoms with Gasteiger partial charge in [-0.2, -0.15) is 0 Å². The molecule has 0 N–H and O–H groups in total. The molecule has 0 fully saturated rings. The Hall–Kier alpha value is -3.15. The van der Waals surface area contributed by atoms with Gasteiger partial charge < -0.3 is 0 Å². The molecule has 0 aliphatic carbocycles. The number of rotatable bonds is 4. The monoisotopic (exact) mass is 446 g/mol. The zero-order valence-corrected chi connectivity index (χ0v) is 18.1. The van der Waals surface area contributed by atoms with Gasteiger partial charge in [0.1, 0.15) is 0 Å². The maximum atomic E-state index is 13.3. The first-order valence-electron chi connectivity index (χ1n) is 9.94. The third-order valence-corrected chi connectivity index (χ3v) is 7.65. The molecule has 4 aromatic rings. The van der Waals surface area contributed by atoms with Gasteiger partial charge in [-0.1, -0.05) is 41.9 Å². The maximum Gasteiger partial charge on any atom is 0.264 e. The Bertz CT molecular complexity index is 1340. The Balaban J connectivity index is 1.44. The molecule has 1 aromatic heterocycles. The molecule has 31 heavy (non-hydrogen) atoms. The van der Waals surface area contributed by atoms with E-state index in [1.165, 1.54) is 4.31 Å². The molecular formula is C25H19ClN2O2S. The van der Waals surface area contributed by atoms with Crippen LogP contribution in [0.2, 0.25) is 5.02 Å². The lowest BCUT2D eigenvalue weighted by atomic mass is 10.0. The topological polar surface area (TPSA) is 50.3 Å². The molecule has 0 atom stereocenters. The predicted octanol–water partition coefficient (Wildman–Crippen LogP) is 5.82. The molecule has 0 saturated carbocycles. The van der Waals surface area contributed by atoms with Crippen LogP contribution < -0.4 is 4.31 Å². The lowest BCUT2D eigenvalue weighted by Gasteiger charge is -2.20. The van der Waals surface area contributed by atoms with Crippen molar-refractivity contribution in [3.05, 3.63) is 102 Å². The molecule has 0 bridgehead atoms. The normalized spacial score (nSPS) is 13.3. The van der Waals surface area contributed by atoms with Crippen LogP contribution >= 0.6 is 11.6 Å². The quantitative estimate of drug-likeness (QED) is 0.397. The highest BCUT2D eigenvalue weighted by Crippen LogP contribution is 2.36. The van der Waals surface area contributed by atoms with Gasteiger partial charge in [-0.3, -0.25) is 9.29 Å². The summed E-state index contributed by atoms with van der Waals surface area (Å²) in [5.41, 5.74) is 5.85. The zero-order valence-electron chi connectivity index (χ0n) is 16.6. The van der Waals surface area contributed by atoms with Gasteiger partial charge >= 0.3 is 0 Å². The number of fused-ring (bicyclic) bond motifs is 1. The number of hydrogen-bond donors (Lipinski definition) is 0. The summed E-state index contributed by atoms with van der Waals surface area (Å²) in [6, 6.07) is 24.3. The van der Waals surface area contributed by atoms with E-state index in [9.17, 15) is 8.42 Å². The van der Waals surface area contributed by atoms with Crippen molar-refractivity contribution in [2.75, 3.05) is 10.8 Å². The van der Waals surface area contributed by atoms with E-state index in [4.69, 9.17) is 11.6 Å². The van der Waals surface area contributed by atoms with Crippen LogP contribution in [0.3, 0.4) is 0 Å². The Labute approximate surface area is 186 Å². The summed E-state index contributed by atoms with van der Waals surface area (Å²) in [7, 11) is -3.63. The van der Waals surface area contributed by atoms with Gasteiger partial charge in [0.2, 0.25) is 0 Å². The summed E-state index contributed by atoms with van der Waals surface area (Å²) in [5.74, 6) is 0. The number of halogens is 1. The van der Waals surface area contributed by atoms with E-state index in [0.29, 0.717) is 18.0 Å². The molecule has 0 unspecified atom stereocenters. The number of hydrogen-bond acceptors (Lipinski definition) is 3. The van der Waals surface area contributed by atoms with Gasteiger partial charge in [0, 0.05) is 24.0 Å². The van der Waals surface area contributed by atoms with E-state index in [1.807, 2.05) is 60.7 Å². The Morgan fingerprint density at radius 2 is 1.32 bits per heavy atom. The van der Waals surface area contributed by atoms with Crippen LogP contribution in [0.4, 0.5) is 5.69 Å². The molecule has 0 amide bonds. The second kappa shape index (κ2) is 7.84. The summed E-state index contributed by atoms with van der Waals surface area (Å²) in [4.78, 5) is 4.35. The van der Waals surface area contributed by atoms with E-state index in [2.05, 4.69) is 11.1 Å². The number of aromatic nitrogens is 1. The molecule has 4 nitrogen and oxygen atoms in total. The Kier molecular flexibility index (Phi) is 5.00. The van der Waals surface area contributed by atoms with Crippen LogP contribution in [0.25, 0.3) is 22.3 Å². The summed E-state index contributed by atoms with van der Waals surface area (Å²) < 4.78 is 28.2. The van der Waals surface area contributed by atoms with Crippen LogP contribution in [-0.2, 0) is 16.4 Å². The number of sulfonamides is 1. The lowest BCUT2D eigenvalue weighted by molar-refractivity contribution is 0.592. The SMILES string of the molecule is O=S(=O)(c1ccc(-c2ccc(Cl)cc2)cc1)N1CCc2cc(-c3ccncc3)ccc21. The smallest absolute Gasteiger partial charge is 0.264 e. The van der Waals surface area contributed by atoms with Crippen LogP contribution in [0.5, 0.6) is 0 Å². The van der Waals surface area contributed by atoms with E-state index in [1.54, 1.807) is 24.5 Å². The second-order valence-electron chi connectivity index (χ2n) is 7.44. The number of benzene rings is 3. The highest BCUT2D eigenvalue weighted by molar-refractivity contribution is 7.92. The molecule has 1 aliphatic rings. The molecule has 6 heteroatoms. The summed E-state index contributed by atoms with van der Waals surface area (Å²) in [5, 5.41) is 0.669. The van der Waals surface area contributed by atoms with Gasteiger partial charge in [-0.25, -0.2) is 8.42 Å². The molecule has 0 saturated heterocycles. The molecule has 1 aliphatic heterocycles. The van der Waals surface area contributed by atoms with E-state index in [0.717, 1.165) is 33.5 Å². The molecule has 3 aromatic carbocycles. The van der Waals surface area contributed by atoms with Gasteiger partial charge in [-0.15, -0.1) is 0 Å². The lowest BCUT2D eigenvalue weighted by Crippen LogP contribution is -2.29. The zero-order chi connectivity index (χ0) is 21.4. The number of anilines is 1. The second-order valence-corrected chi connectivity index (χ2v) is 9.74. The van der Waals surface area contributed by atoms with Gasteiger partial charge in [0.15, 0.2) is 0 Å². The van der Waals surface area contributed by atoms with Crippen LogP contribution in [0, 0.1) is 0 Å². The fourth-order valence-electron chi connectivity index (χ4n) is 3.93. The van der Waals surface area contributed by atoms with Crippen LogP contribution in [0.15, 0.2) is 96.2 Å². The minimum atomic E-state index is -3.63. The highest BCUT2D eigenvalue weighted by atomic mass is 35.5. The predicted molar refractivity (Wildman–Crippen MR) is 125 cm³/mol. The highest BCUT2D eigenvalue weighted by Gasteiger charge is 2.31. The molecule has 2 heterocycles. The van der Waals surface area contributed by atoms with Crippen molar-refractivity contribution < 1.29 is 8.42 Å². The van der Waals surface area contributed by atoms with E-state index in [-0.39, 0.29) is 4.90 Å². The van der Waals surface area contributed by atoms with Crippen molar-refractivity contribution in [3.8, 4) is 22.3 Å². The van der Waals surface area contributed by atoms with Crippen molar-refractivity contribution >= 4 is 27.3 Å². The summed E-state index contributed by atoms with van der Waals surface area (Å²) >= 11 is 5.96. The minimum absolute atomic E-state index is 0.288. The summed E-state index contributed by atoms with van der Waals surface area (Å²) in [6.07, 6.45) is 4.20. The van der Waals surface area contributed by atoms with Crippen molar-refractivity contribution in [1.29, 1.82) is 0 Å². The van der Waals surface area contributed by atoms with Crippen molar-refractivity contribution in [3.63, 3.8) is 0 Å². The Morgan fingerprint density at radius 1 is 0.742 bits per heavy atom. The third kappa shape index (κ3) is 3.71. The first kappa shape index (κ1) is 19.8. The van der Waals surface area contributed by atoms with Crippen molar-refractivity contribution in [2.24, 2.45) is 0 Å². The first-order chi connectivity index (χ1) is 15.0. The molecule has 0 spiro atoms. The summed E-state index contributed by atoms with van der Waals surface area (Å²) in [6.45, 7) is 0.441. The van der Waals surface area contributed by atoms with Crippen molar-refractivity contribution in [1.82, 2.24) is 4.98 Å². The van der Waals surface area contributed by atoms with Crippen molar-refractivity contribution in [2.45, 2.75) is 11.3 Å². The molecule has 154 valence electrons. The van der Waals surface area contributed by atoms with E-state index < -0.39 is 10.0 Å². The molecule has 5 rings (SSSR count).